The Morgan fingerprint density at radius 1 is 0.646 bits per heavy atom. The number of hydrogen-bond acceptors (Lipinski definition) is 9. The van der Waals surface area contributed by atoms with Crippen molar-refractivity contribution in [2.75, 3.05) is 6.54 Å². The van der Waals surface area contributed by atoms with Crippen molar-refractivity contribution >= 4 is 0 Å². The summed E-state index contributed by atoms with van der Waals surface area (Å²) in [5.41, 5.74) is 30.3. The van der Waals surface area contributed by atoms with Crippen LogP contribution in [-0.4, -0.2) is 66.6 Å². The SMILES string of the molecule is [N-]=[N+]=NC[C@H]1O[C@H](O[C@@H]2C[C@@H](O)[C@H](N=[N+]=[N-])C[C@H]2N=[N+]=[N-])[C@H](OCc2ccccc2)[C@@H](OCc2ccccc2)[C@@H]1OCc1ccccc1. The van der Waals surface area contributed by atoms with Crippen molar-refractivity contribution in [3.05, 3.63) is 139 Å². The van der Waals surface area contributed by atoms with Gasteiger partial charge in [0.2, 0.25) is 0 Å². The number of azide groups is 3. The lowest BCUT2D eigenvalue weighted by Crippen LogP contribution is -2.62. The van der Waals surface area contributed by atoms with E-state index >= 15 is 0 Å². The summed E-state index contributed by atoms with van der Waals surface area (Å²) in [6.07, 6.45) is -6.21. The molecule has 1 N–H and O–H groups in total. The van der Waals surface area contributed by atoms with E-state index < -0.39 is 55.0 Å². The largest absolute Gasteiger partial charge is 0.393 e. The van der Waals surface area contributed by atoms with Crippen LogP contribution in [0.15, 0.2) is 106 Å². The molecule has 0 bridgehead atoms. The smallest absolute Gasteiger partial charge is 0.187 e. The Labute approximate surface area is 277 Å². The lowest BCUT2D eigenvalue weighted by Gasteiger charge is -2.47. The van der Waals surface area contributed by atoms with Crippen LogP contribution in [0, 0.1) is 0 Å². The fourth-order valence-electron chi connectivity index (χ4n) is 5.92. The van der Waals surface area contributed by atoms with Gasteiger partial charge in [-0.2, -0.15) is 0 Å². The van der Waals surface area contributed by atoms with Gasteiger partial charge < -0.3 is 28.8 Å². The first-order valence-corrected chi connectivity index (χ1v) is 15.6. The van der Waals surface area contributed by atoms with Crippen LogP contribution >= 0.6 is 0 Å². The second kappa shape index (κ2) is 18.0. The fourth-order valence-corrected chi connectivity index (χ4v) is 5.92. The zero-order chi connectivity index (χ0) is 33.6. The molecule has 0 aromatic heterocycles. The maximum atomic E-state index is 10.8. The highest BCUT2D eigenvalue weighted by molar-refractivity contribution is 5.16. The van der Waals surface area contributed by atoms with Crippen LogP contribution in [0.3, 0.4) is 0 Å². The Morgan fingerprint density at radius 2 is 1.15 bits per heavy atom. The molecule has 3 aromatic rings. The molecule has 0 radical (unpaired) electrons. The summed E-state index contributed by atoms with van der Waals surface area (Å²) >= 11 is 0. The minimum atomic E-state index is -1.13. The number of benzene rings is 3. The quantitative estimate of drug-likeness (QED) is 0.107. The van der Waals surface area contributed by atoms with Crippen LogP contribution in [0.1, 0.15) is 29.5 Å². The van der Waals surface area contributed by atoms with Crippen molar-refractivity contribution in [2.24, 2.45) is 15.3 Å². The molecule has 15 heteroatoms. The summed E-state index contributed by atoms with van der Waals surface area (Å²) in [7, 11) is 0. The van der Waals surface area contributed by atoms with Gasteiger partial charge in [-0.05, 0) is 39.7 Å². The third-order valence-electron chi connectivity index (χ3n) is 8.31. The number of rotatable bonds is 15. The van der Waals surface area contributed by atoms with Crippen LogP contribution in [0.5, 0.6) is 0 Å². The first kappa shape index (κ1) is 34.7. The average Bonchev–Trinajstić information content (AvgIpc) is 3.12. The predicted octanol–water partition coefficient (Wildman–Crippen LogP) is 6.68. The van der Waals surface area contributed by atoms with Gasteiger partial charge in [-0.15, -0.1) is 0 Å². The number of nitrogens with zero attached hydrogens (tertiary/aromatic N) is 9. The molecule has 1 heterocycles. The van der Waals surface area contributed by atoms with E-state index in [0.717, 1.165) is 16.7 Å². The Balaban J connectivity index is 1.50. The minimum absolute atomic E-state index is 0.00310. The molecule has 0 unspecified atom stereocenters. The zero-order valence-electron chi connectivity index (χ0n) is 26.1. The van der Waals surface area contributed by atoms with Gasteiger partial charge in [-0.3, -0.25) is 0 Å². The van der Waals surface area contributed by atoms with Gasteiger partial charge >= 0.3 is 0 Å². The fraction of sp³-hybridized carbons (Fsp3) is 0.455. The van der Waals surface area contributed by atoms with Gasteiger partial charge in [-0.25, -0.2) is 0 Å². The van der Waals surface area contributed by atoms with Gasteiger partial charge in [0.15, 0.2) is 6.29 Å². The van der Waals surface area contributed by atoms with Crippen LogP contribution in [0.4, 0.5) is 0 Å². The minimum Gasteiger partial charge on any atom is -0.393 e. The second-order valence-corrected chi connectivity index (χ2v) is 11.5. The van der Waals surface area contributed by atoms with Crippen LogP contribution in [0.25, 0.3) is 31.3 Å². The number of hydrogen-bond donors (Lipinski definition) is 1. The normalized spacial score (nSPS) is 28.3. The highest BCUT2D eigenvalue weighted by Crippen LogP contribution is 2.35. The van der Waals surface area contributed by atoms with Gasteiger partial charge in [0.05, 0.1) is 56.8 Å². The van der Waals surface area contributed by atoms with Crippen LogP contribution in [0.2, 0.25) is 0 Å². The molecule has 3 aromatic carbocycles. The highest BCUT2D eigenvalue weighted by Gasteiger charge is 2.50. The summed E-state index contributed by atoms with van der Waals surface area (Å²) in [5, 5.41) is 22.2. The van der Waals surface area contributed by atoms with Crippen molar-refractivity contribution in [1.29, 1.82) is 0 Å². The molecular formula is C33H37N9O6. The summed E-state index contributed by atoms with van der Waals surface area (Å²) in [4.78, 5) is 8.76. The summed E-state index contributed by atoms with van der Waals surface area (Å²) in [6.45, 7) is 0.509. The molecule has 250 valence electrons. The first-order valence-electron chi connectivity index (χ1n) is 15.6. The van der Waals surface area contributed by atoms with Gasteiger partial charge in [0.25, 0.3) is 0 Å². The predicted molar refractivity (Wildman–Crippen MR) is 174 cm³/mol. The zero-order valence-corrected chi connectivity index (χ0v) is 26.1. The maximum absolute atomic E-state index is 10.8. The Kier molecular flexibility index (Phi) is 13.0. The van der Waals surface area contributed by atoms with Crippen molar-refractivity contribution < 1.29 is 28.8 Å². The third kappa shape index (κ3) is 9.46. The summed E-state index contributed by atoms with van der Waals surface area (Å²) in [6, 6.07) is 27.3. The molecule has 1 aliphatic carbocycles. The molecule has 9 atom stereocenters. The lowest BCUT2D eigenvalue weighted by atomic mass is 9.87. The van der Waals surface area contributed by atoms with Gasteiger partial charge in [0.1, 0.15) is 18.3 Å². The molecule has 48 heavy (non-hydrogen) atoms. The van der Waals surface area contributed by atoms with Crippen LogP contribution in [-0.2, 0) is 43.5 Å². The topological polar surface area (TPSA) is 213 Å². The van der Waals surface area contributed by atoms with E-state index in [1.165, 1.54) is 0 Å². The number of aliphatic hydroxyl groups excluding tert-OH is 1. The first-order chi connectivity index (χ1) is 23.6. The summed E-state index contributed by atoms with van der Waals surface area (Å²) in [5.74, 6) is 0. The monoisotopic (exact) mass is 655 g/mol. The van der Waals surface area contributed by atoms with Gasteiger partial charge in [-0.1, -0.05) is 106 Å². The van der Waals surface area contributed by atoms with E-state index in [1.54, 1.807) is 0 Å². The van der Waals surface area contributed by atoms with Crippen molar-refractivity contribution in [3.63, 3.8) is 0 Å². The van der Waals surface area contributed by atoms with E-state index in [9.17, 15) is 16.2 Å². The molecule has 5 rings (SSSR count). The maximum Gasteiger partial charge on any atom is 0.187 e. The Hall–Kier alpha value is -4.65. The van der Waals surface area contributed by atoms with Crippen LogP contribution < -0.4 is 0 Å². The molecular weight excluding hydrogens is 618 g/mol. The van der Waals surface area contributed by atoms with Crippen molar-refractivity contribution in [2.45, 2.75) is 87.7 Å². The molecule has 15 nitrogen and oxygen atoms in total. The molecule has 0 amide bonds. The van der Waals surface area contributed by atoms with E-state index in [2.05, 4.69) is 30.1 Å². The molecule has 1 saturated carbocycles. The Bertz CT molecular complexity index is 1570. The Morgan fingerprint density at radius 3 is 1.67 bits per heavy atom. The van der Waals surface area contributed by atoms with Crippen molar-refractivity contribution in [1.82, 2.24) is 0 Å². The van der Waals surface area contributed by atoms with E-state index in [4.69, 9.17) is 29.2 Å². The van der Waals surface area contributed by atoms with Crippen molar-refractivity contribution in [3.8, 4) is 0 Å². The molecule has 2 aliphatic rings. The molecule has 1 aliphatic heterocycles. The molecule has 0 spiro atoms. The van der Waals surface area contributed by atoms with Gasteiger partial charge in [0, 0.05) is 21.2 Å². The second-order valence-electron chi connectivity index (χ2n) is 11.5. The highest BCUT2D eigenvalue weighted by atomic mass is 16.7. The lowest BCUT2D eigenvalue weighted by molar-refractivity contribution is -0.333. The standard InChI is InChI=1S/C33H37N9O6/c34-40-37-18-29-30(44-19-22-10-4-1-5-11-22)31(45-20-23-12-6-2-7-13-23)32(46-21-24-14-8-3-9-15-24)33(48-29)47-28-17-27(43)25(38-41-35)16-26(28)39-42-36/h1-15,25-33,43H,16-21H2/t25-,26-,27-,28-,29-,30-,31+,32-,33+/m1/s1. The average molecular weight is 656 g/mol. The van der Waals surface area contributed by atoms with E-state index in [-0.39, 0.29) is 39.2 Å². The van der Waals surface area contributed by atoms with E-state index in [1.807, 2.05) is 91.0 Å². The van der Waals surface area contributed by atoms with E-state index in [0.29, 0.717) is 0 Å². The summed E-state index contributed by atoms with van der Waals surface area (Å²) < 4.78 is 32.7. The number of ether oxygens (including phenoxy) is 5. The number of aliphatic hydroxyl groups is 1. The third-order valence-corrected chi connectivity index (χ3v) is 8.31. The molecule has 2 fully saturated rings. The molecule has 1 saturated heterocycles.